The molecule has 2 aromatic rings. The number of fused-ring (bicyclic) bond motifs is 1. The molecule has 1 N–H and O–H groups in total. The van der Waals surface area contributed by atoms with E-state index in [0.29, 0.717) is 6.01 Å². The van der Waals surface area contributed by atoms with E-state index in [9.17, 15) is 0 Å². The SMILES string of the molecule is CC(C)c1noc(NC2CC(C)(C)c3ccccc32)n1. The van der Waals surface area contributed by atoms with Crippen LogP contribution in [0.15, 0.2) is 28.8 Å². The number of hydrogen-bond donors (Lipinski definition) is 1. The van der Waals surface area contributed by atoms with Gasteiger partial charge in [0.05, 0.1) is 6.04 Å². The largest absolute Gasteiger partial charge is 0.331 e. The predicted molar refractivity (Wildman–Crippen MR) is 78.8 cm³/mol. The van der Waals surface area contributed by atoms with E-state index in [0.717, 1.165) is 12.2 Å². The van der Waals surface area contributed by atoms with Crippen LogP contribution in [0, 0.1) is 0 Å². The Morgan fingerprint density at radius 3 is 2.75 bits per heavy atom. The summed E-state index contributed by atoms with van der Waals surface area (Å²) >= 11 is 0. The zero-order valence-corrected chi connectivity index (χ0v) is 12.5. The third-order valence-electron chi connectivity index (χ3n) is 4.04. The molecule has 0 saturated heterocycles. The van der Waals surface area contributed by atoms with Gasteiger partial charge >= 0.3 is 6.01 Å². The molecule has 0 bridgehead atoms. The quantitative estimate of drug-likeness (QED) is 0.915. The normalized spacial score (nSPS) is 20.1. The Kier molecular flexibility index (Phi) is 3.04. The van der Waals surface area contributed by atoms with Crippen molar-refractivity contribution in [2.24, 2.45) is 0 Å². The number of nitrogens with one attached hydrogen (secondary N) is 1. The molecule has 1 aromatic heterocycles. The van der Waals surface area contributed by atoms with E-state index in [1.54, 1.807) is 0 Å². The Bertz CT molecular complexity index is 616. The van der Waals surface area contributed by atoms with Crippen LogP contribution in [-0.4, -0.2) is 10.1 Å². The van der Waals surface area contributed by atoms with Gasteiger partial charge in [0, 0.05) is 5.92 Å². The third-order valence-corrected chi connectivity index (χ3v) is 4.04. The smallest absolute Gasteiger partial charge is 0.321 e. The fourth-order valence-electron chi connectivity index (χ4n) is 2.95. The highest BCUT2D eigenvalue weighted by molar-refractivity contribution is 5.44. The molecule has 4 heteroatoms. The Morgan fingerprint density at radius 2 is 2.05 bits per heavy atom. The zero-order chi connectivity index (χ0) is 14.3. The molecule has 0 saturated carbocycles. The second kappa shape index (κ2) is 4.62. The number of anilines is 1. The van der Waals surface area contributed by atoms with Crippen LogP contribution in [-0.2, 0) is 5.41 Å². The molecule has 1 aliphatic rings. The number of rotatable bonds is 3. The predicted octanol–water partition coefficient (Wildman–Crippen LogP) is 4.03. The van der Waals surface area contributed by atoms with Gasteiger partial charge in [0.15, 0.2) is 5.82 Å². The van der Waals surface area contributed by atoms with Gasteiger partial charge < -0.3 is 9.84 Å². The highest BCUT2D eigenvalue weighted by Gasteiger charge is 2.37. The minimum absolute atomic E-state index is 0.176. The highest BCUT2D eigenvalue weighted by atomic mass is 16.5. The van der Waals surface area contributed by atoms with Crippen LogP contribution in [0.4, 0.5) is 6.01 Å². The van der Waals surface area contributed by atoms with Crippen molar-refractivity contribution in [1.82, 2.24) is 10.1 Å². The first kappa shape index (κ1) is 13.2. The first-order valence-corrected chi connectivity index (χ1v) is 7.17. The number of benzene rings is 1. The fourth-order valence-corrected chi connectivity index (χ4v) is 2.95. The van der Waals surface area contributed by atoms with Crippen LogP contribution >= 0.6 is 0 Å². The van der Waals surface area contributed by atoms with Crippen molar-refractivity contribution in [2.45, 2.75) is 51.5 Å². The summed E-state index contributed by atoms with van der Waals surface area (Å²) in [6, 6.07) is 9.34. The van der Waals surface area contributed by atoms with Crippen molar-refractivity contribution in [3.8, 4) is 0 Å². The molecule has 1 unspecified atom stereocenters. The van der Waals surface area contributed by atoms with Crippen molar-refractivity contribution in [2.75, 3.05) is 5.32 Å². The maximum Gasteiger partial charge on any atom is 0.321 e. The van der Waals surface area contributed by atoms with Gasteiger partial charge in [-0.15, -0.1) is 0 Å². The summed E-state index contributed by atoms with van der Waals surface area (Å²) < 4.78 is 5.30. The second-order valence-corrected chi connectivity index (χ2v) is 6.48. The van der Waals surface area contributed by atoms with Gasteiger partial charge in [-0.1, -0.05) is 57.1 Å². The fraction of sp³-hybridized carbons (Fsp3) is 0.500. The zero-order valence-electron chi connectivity index (χ0n) is 12.5. The lowest BCUT2D eigenvalue weighted by Crippen LogP contribution is -2.14. The van der Waals surface area contributed by atoms with Crippen molar-refractivity contribution in [1.29, 1.82) is 0 Å². The lowest BCUT2D eigenvalue weighted by atomic mass is 9.86. The van der Waals surface area contributed by atoms with E-state index in [2.05, 4.69) is 67.4 Å². The van der Waals surface area contributed by atoms with Crippen LogP contribution in [0.5, 0.6) is 0 Å². The summed E-state index contributed by atoms with van der Waals surface area (Å²) in [5.41, 5.74) is 2.91. The van der Waals surface area contributed by atoms with E-state index in [1.807, 2.05) is 0 Å². The lowest BCUT2D eigenvalue weighted by molar-refractivity contribution is 0.410. The Balaban J connectivity index is 1.85. The molecule has 0 aliphatic heterocycles. The molecule has 0 fully saturated rings. The van der Waals surface area contributed by atoms with Crippen molar-refractivity contribution < 1.29 is 4.52 Å². The minimum atomic E-state index is 0.176. The van der Waals surface area contributed by atoms with Gasteiger partial charge in [-0.2, -0.15) is 4.98 Å². The summed E-state index contributed by atoms with van der Waals surface area (Å²) in [4.78, 5) is 4.41. The molecule has 1 aromatic carbocycles. The minimum Gasteiger partial charge on any atom is -0.331 e. The molecule has 1 atom stereocenters. The summed E-state index contributed by atoms with van der Waals surface area (Å²) in [7, 11) is 0. The van der Waals surface area contributed by atoms with Gasteiger partial charge in [-0.25, -0.2) is 0 Å². The van der Waals surface area contributed by atoms with Gasteiger partial charge in [0.1, 0.15) is 0 Å². The molecular weight excluding hydrogens is 250 g/mol. The maximum atomic E-state index is 5.30. The first-order chi connectivity index (χ1) is 9.47. The number of aromatic nitrogens is 2. The molecule has 4 nitrogen and oxygen atoms in total. The first-order valence-electron chi connectivity index (χ1n) is 7.17. The van der Waals surface area contributed by atoms with Gasteiger partial charge in [-0.05, 0) is 23.0 Å². The molecule has 0 amide bonds. The van der Waals surface area contributed by atoms with Crippen LogP contribution in [0.3, 0.4) is 0 Å². The molecule has 106 valence electrons. The molecular formula is C16H21N3O. The van der Waals surface area contributed by atoms with Crippen molar-refractivity contribution in [3.05, 3.63) is 41.2 Å². The lowest BCUT2D eigenvalue weighted by Gasteiger charge is -2.19. The average Bonchev–Trinajstić information content (AvgIpc) is 2.95. The van der Waals surface area contributed by atoms with Gasteiger partial charge in [0.25, 0.3) is 0 Å². The van der Waals surface area contributed by atoms with Gasteiger partial charge in [0.2, 0.25) is 0 Å². The van der Waals surface area contributed by atoms with E-state index in [4.69, 9.17) is 4.52 Å². The Morgan fingerprint density at radius 1 is 1.30 bits per heavy atom. The van der Waals surface area contributed by atoms with Crippen LogP contribution in [0.2, 0.25) is 0 Å². The topological polar surface area (TPSA) is 51.0 Å². The van der Waals surface area contributed by atoms with Crippen molar-refractivity contribution >= 4 is 6.01 Å². The summed E-state index contributed by atoms with van der Waals surface area (Å²) in [6.07, 6.45) is 1.03. The standard InChI is InChI=1S/C16H21N3O/c1-10(2)14-18-15(20-19-14)17-13-9-16(3,4)12-8-6-5-7-11(12)13/h5-8,10,13H,9H2,1-4H3,(H,17,18,19). The number of nitrogens with zero attached hydrogens (tertiary/aromatic N) is 2. The Labute approximate surface area is 119 Å². The van der Waals surface area contributed by atoms with E-state index in [1.165, 1.54) is 11.1 Å². The van der Waals surface area contributed by atoms with Crippen LogP contribution in [0.25, 0.3) is 0 Å². The third kappa shape index (κ3) is 2.19. The monoisotopic (exact) mass is 271 g/mol. The molecule has 3 rings (SSSR count). The maximum absolute atomic E-state index is 5.30. The summed E-state index contributed by atoms with van der Waals surface area (Å²) in [5.74, 6) is 1.03. The average molecular weight is 271 g/mol. The van der Waals surface area contributed by atoms with E-state index < -0.39 is 0 Å². The molecule has 1 heterocycles. The number of hydrogen-bond acceptors (Lipinski definition) is 4. The van der Waals surface area contributed by atoms with Gasteiger partial charge in [-0.3, -0.25) is 0 Å². The van der Waals surface area contributed by atoms with Crippen LogP contribution < -0.4 is 5.32 Å². The molecule has 1 aliphatic carbocycles. The molecule has 20 heavy (non-hydrogen) atoms. The second-order valence-electron chi connectivity index (χ2n) is 6.48. The van der Waals surface area contributed by atoms with Crippen LogP contribution in [0.1, 0.15) is 63.0 Å². The highest BCUT2D eigenvalue weighted by Crippen LogP contribution is 2.45. The van der Waals surface area contributed by atoms with E-state index >= 15 is 0 Å². The Hall–Kier alpha value is -1.84. The summed E-state index contributed by atoms with van der Waals surface area (Å²) in [5, 5.41) is 7.39. The molecule has 0 radical (unpaired) electrons. The van der Waals surface area contributed by atoms with E-state index in [-0.39, 0.29) is 17.4 Å². The van der Waals surface area contributed by atoms with Crippen molar-refractivity contribution in [3.63, 3.8) is 0 Å². The molecule has 0 spiro atoms. The summed E-state index contributed by atoms with van der Waals surface area (Å²) in [6.45, 7) is 8.67.